The molecule has 5 rings (SSSR count). The fourth-order valence-corrected chi connectivity index (χ4v) is 4.55. The van der Waals surface area contributed by atoms with E-state index in [0.717, 1.165) is 42.9 Å². The van der Waals surface area contributed by atoms with Gasteiger partial charge in [0.15, 0.2) is 0 Å². The van der Waals surface area contributed by atoms with Gasteiger partial charge in [0, 0.05) is 55.2 Å². The molecule has 0 aliphatic carbocycles. The average molecular weight is 499 g/mol. The Morgan fingerprint density at radius 1 is 1.11 bits per heavy atom. The van der Waals surface area contributed by atoms with E-state index in [1.165, 1.54) is 18.1 Å². The minimum atomic E-state index is -0.289. The summed E-state index contributed by atoms with van der Waals surface area (Å²) in [5, 5.41) is 16.1. The molecule has 0 saturated carbocycles. The number of anilines is 3. The SMILES string of the molecule is C=CC(=O)Nc1cccc(-c2c(-c3ccc(N4CCN(C)CC4)cc3)oc3ncnc(NCCO)c23)c1. The van der Waals surface area contributed by atoms with Gasteiger partial charge in [-0.05, 0) is 55.1 Å². The normalized spacial score (nSPS) is 14.1. The van der Waals surface area contributed by atoms with Crippen LogP contribution in [0.1, 0.15) is 0 Å². The Kier molecular flexibility index (Phi) is 7.16. The Bertz CT molecular complexity index is 1410. The highest BCUT2D eigenvalue weighted by molar-refractivity contribution is 6.07. The summed E-state index contributed by atoms with van der Waals surface area (Å²) in [6.07, 6.45) is 2.67. The van der Waals surface area contributed by atoms with E-state index in [-0.39, 0.29) is 12.5 Å². The molecule has 9 nitrogen and oxygen atoms in total. The maximum Gasteiger partial charge on any atom is 0.247 e. The second kappa shape index (κ2) is 10.8. The fourth-order valence-electron chi connectivity index (χ4n) is 4.55. The molecule has 0 atom stereocenters. The Morgan fingerprint density at radius 2 is 1.89 bits per heavy atom. The van der Waals surface area contributed by atoms with Gasteiger partial charge in [0.25, 0.3) is 0 Å². The van der Waals surface area contributed by atoms with Crippen LogP contribution in [-0.4, -0.2) is 72.3 Å². The molecule has 0 unspecified atom stereocenters. The number of hydrogen-bond acceptors (Lipinski definition) is 8. The summed E-state index contributed by atoms with van der Waals surface area (Å²) < 4.78 is 6.32. The average Bonchev–Trinajstić information content (AvgIpc) is 3.33. The first-order valence-corrected chi connectivity index (χ1v) is 12.3. The number of rotatable bonds is 8. The molecule has 1 fully saturated rings. The van der Waals surface area contributed by atoms with Crippen molar-refractivity contribution in [2.45, 2.75) is 0 Å². The lowest BCUT2D eigenvalue weighted by atomic mass is 9.98. The molecule has 190 valence electrons. The van der Waals surface area contributed by atoms with Crippen molar-refractivity contribution in [2.75, 3.05) is 61.9 Å². The van der Waals surface area contributed by atoms with Gasteiger partial charge >= 0.3 is 0 Å². The lowest BCUT2D eigenvalue weighted by molar-refractivity contribution is -0.111. The number of likely N-dealkylation sites (N-methyl/N-ethyl adjacent to an activating group) is 1. The molecule has 9 heteroatoms. The number of carbonyl (C=O) groups excluding carboxylic acids is 1. The summed E-state index contributed by atoms with van der Waals surface area (Å²) in [6, 6.07) is 15.9. The van der Waals surface area contributed by atoms with Crippen LogP contribution in [-0.2, 0) is 4.79 Å². The van der Waals surface area contributed by atoms with E-state index in [2.05, 4.69) is 68.3 Å². The van der Waals surface area contributed by atoms with Crippen LogP contribution in [0.25, 0.3) is 33.6 Å². The largest absolute Gasteiger partial charge is 0.437 e. The van der Waals surface area contributed by atoms with Crippen LogP contribution < -0.4 is 15.5 Å². The number of hydrogen-bond donors (Lipinski definition) is 3. The van der Waals surface area contributed by atoms with Crippen LogP contribution >= 0.6 is 0 Å². The van der Waals surface area contributed by atoms with Crippen molar-refractivity contribution in [3.63, 3.8) is 0 Å². The number of piperazine rings is 1. The molecule has 1 aliphatic heterocycles. The highest BCUT2D eigenvalue weighted by Crippen LogP contribution is 2.43. The van der Waals surface area contributed by atoms with Gasteiger partial charge in [-0.3, -0.25) is 4.79 Å². The van der Waals surface area contributed by atoms with Crippen molar-refractivity contribution >= 4 is 34.2 Å². The topological polar surface area (TPSA) is 107 Å². The van der Waals surface area contributed by atoms with Crippen LogP contribution in [0.15, 0.2) is 71.9 Å². The van der Waals surface area contributed by atoms with E-state index in [0.29, 0.717) is 34.9 Å². The third kappa shape index (κ3) is 5.18. The van der Waals surface area contributed by atoms with Gasteiger partial charge in [0.1, 0.15) is 17.9 Å². The van der Waals surface area contributed by atoms with Gasteiger partial charge in [0.05, 0.1) is 12.0 Å². The summed E-state index contributed by atoms with van der Waals surface area (Å²) in [7, 11) is 2.15. The Labute approximate surface area is 215 Å². The van der Waals surface area contributed by atoms with Gasteiger partial charge in [-0.1, -0.05) is 18.7 Å². The number of nitrogens with zero attached hydrogens (tertiary/aromatic N) is 4. The van der Waals surface area contributed by atoms with Gasteiger partial charge in [0.2, 0.25) is 11.6 Å². The second-order valence-corrected chi connectivity index (χ2v) is 8.97. The van der Waals surface area contributed by atoms with Crippen molar-refractivity contribution in [1.82, 2.24) is 14.9 Å². The smallest absolute Gasteiger partial charge is 0.247 e. The summed E-state index contributed by atoms with van der Waals surface area (Å²) in [5.41, 5.74) is 4.78. The minimum absolute atomic E-state index is 0.0393. The van der Waals surface area contributed by atoms with Crippen LogP contribution in [0.5, 0.6) is 0 Å². The minimum Gasteiger partial charge on any atom is -0.437 e. The number of aliphatic hydroxyl groups is 1. The molecule has 1 saturated heterocycles. The summed E-state index contributed by atoms with van der Waals surface area (Å²) in [4.78, 5) is 25.4. The summed E-state index contributed by atoms with van der Waals surface area (Å²) in [5.74, 6) is 0.931. The Balaban J connectivity index is 1.61. The standard InChI is InChI=1S/C28H30N6O3/c1-3-23(36)32-21-6-4-5-20(17-21)24-25-27(29-11-16-35)30-18-31-28(25)37-26(24)19-7-9-22(10-8-19)34-14-12-33(2)13-15-34/h3-10,17-18,35H,1,11-16H2,2H3,(H,32,36)(H,29,30,31). The Morgan fingerprint density at radius 3 is 2.62 bits per heavy atom. The number of aliphatic hydroxyl groups excluding tert-OH is 1. The van der Waals surface area contributed by atoms with Gasteiger partial charge in [-0.15, -0.1) is 0 Å². The molecule has 1 amide bonds. The molecule has 0 spiro atoms. The number of nitrogens with one attached hydrogen (secondary N) is 2. The predicted octanol–water partition coefficient (Wildman–Crippen LogP) is 3.84. The van der Waals surface area contributed by atoms with E-state index in [4.69, 9.17) is 4.42 Å². The number of amides is 1. The zero-order chi connectivity index (χ0) is 25.8. The zero-order valence-electron chi connectivity index (χ0n) is 20.8. The Hall–Kier alpha value is -4.21. The number of furan rings is 1. The predicted molar refractivity (Wildman–Crippen MR) is 147 cm³/mol. The van der Waals surface area contributed by atoms with Gasteiger partial charge < -0.3 is 30.0 Å². The molecular weight excluding hydrogens is 468 g/mol. The van der Waals surface area contributed by atoms with Crippen molar-refractivity contribution in [3.05, 3.63) is 67.5 Å². The number of aromatic nitrogens is 2. The van der Waals surface area contributed by atoms with Crippen molar-refractivity contribution in [2.24, 2.45) is 0 Å². The lowest BCUT2D eigenvalue weighted by Gasteiger charge is -2.34. The highest BCUT2D eigenvalue weighted by Gasteiger charge is 2.23. The van der Waals surface area contributed by atoms with E-state index in [1.54, 1.807) is 0 Å². The molecule has 37 heavy (non-hydrogen) atoms. The molecule has 0 radical (unpaired) electrons. The van der Waals surface area contributed by atoms with Crippen LogP contribution in [0, 0.1) is 0 Å². The molecule has 2 aromatic carbocycles. The third-order valence-corrected chi connectivity index (χ3v) is 6.49. The first-order chi connectivity index (χ1) is 18.1. The van der Waals surface area contributed by atoms with Crippen molar-refractivity contribution in [3.8, 4) is 22.5 Å². The third-order valence-electron chi connectivity index (χ3n) is 6.49. The summed E-state index contributed by atoms with van der Waals surface area (Å²) >= 11 is 0. The van der Waals surface area contributed by atoms with Gasteiger partial charge in [-0.25, -0.2) is 9.97 Å². The molecular formula is C28H30N6O3. The second-order valence-electron chi connectivity index (χ2n) is 8.97. The zero-order valence-corrected chi connectivity index (χ0v) is 20.8. The molecule has 3 N–H and O–H groups in total. The molecule has 1 aliphatic rings. The van der Waals surface area contributed by atoms with Crippen LogP contribution in [0.3, 0.4) is 0 Å². The molecule has 4 aromatic rings. The van der Waals surface area contributed by atoms with E-state index in [9.17, 15) is 9.90 Å². The maximum atomic E-state index is 11.9. The highest BCUT2D eigenvalue weighted by atomic mass is 16.3. The van der Waals surface area contributed by atoms with Crippen LogP contribution in [0.2, 0.25) is 0 Å². The molecule has 3 heterocycles. The van der Waals surface area contributed by atoms with Gasteiger partial charge in [-0.2, -0.15) is 0 Å². The number of fused-ring (bicyclic) bond motifs is 1. The first-order valence-electron chi connectivity index (χ1n) is 12.3. The van der Waals surface area contributed by atoms with Crippen LogP contribution in [0.4, 0.5) is 17.2 Å². The lowest BCUT2D eigenvalue weighted by Crippen LogP contribution is -2.44. The summed E-state index contributed by atoms with van der Waals surface area (Å²) in [6.45, 7) is 7.88. The molecule has 0 bridgehead atoms. The van der Waals surface area contributed by atoms with E-state index < -0.39 is 0 Å². The van der Waals surface area contributed by atoms with Crippen molar-refractivity contribution < 1.29 is 14.3 Å². The monoisotopic (exact) mass is 498 g/mol. The first kappa shape index (κ1) is 24.5. The maximum absolute atomic E-state index is 11.9. The number of benzene rings is 2. The molecule has 2 aromatic heterocycles. The van der Waals surface area contributed by atoms with E-state index in [1.807, 2.05) is 24.3 Å². The van der Waals surface area contributed by atoms with Crippen molar-refractivity contribution in [1.29, 1.82) is 0 Å². The number of carbonyl (C=O) groups is 1. The fraction of sp³-hybridized carbons (Fsp3) is 0.250. The quantitative estimate of drug-likeness (QED) is 0.315. The van der Waals surface area contributed by atoms with E-state index >= 15 is 0 Å².